The Morgan fingerprint density at radius 3 is 2.27 bits per heavy atom. The lowest BCUT2D eigenvalue weighted by molar-refractivity contribution is -0.124. The lowest BCUT2D eigenvalue weighted by Gasteiger charge is -2.23. The van der Waals surface area contributed by atoms with E-state index < -0.39 is 23.9 Å². The number of rotatable bonds is 10. The van der Waals surface area contributed by atoms with Gasteiger partial charge in [0.15, 0.2) is 5.11 Å². The number of thiocarbonyl (C=S) groups is 1. The molecule has 1 fully saturated rings. The topological polar surface area (TPSA) is 118 Å². The van der Waals surface area contributed by atoms with Gasteiger partial charge < -0.3 is 19.7 Å². The number of nitrogens with one attached hydrogen (secondary N) is 1. The number of hydrogen-bond donors (Lipinski definition) is 1. The molecule has 1 aliphatic rings. The zero-order valence-electron chi connectivity index (χ0n) is 22.0. The molecule has 0 saturated carbocycles. The average molecular weight is 561 g/mol. The van der Waals surface area contributed by atoms with E-state index in [1.807, 2.05) is 12.1 Å². The largest absolute Gasteiger partial charge is 0.462 e. The summed E-state index contributed by atoms with van der Waals surface area (Å²) in [6.45, 7) is 4.11. The van der Waals surface area contributed by atoms with Crippen LogP contribution in [0.2, 0.25) is 0 Å². The highest BCUT2D eigenvalue weighted by Crippen LogP contribution is 2.29. The molecule has 206 valence electrons. The van der Waals surface area contributed by atoms with Gasteiger partial charge in [-0.2, -0.15) is 0 Å². The Morgan fingerprint density at radius 2 is 1.62 bits per heavy atom. The van der Waals surface area contributed by atoms with E-state index in [0.29, 0.717) is 28.2 Å². The third-order valence-corrected chi connectivity index (χ3v) is 6.47. The monoisotopic (exact) mass is 560 g/mol. The van der Waals surface area contributed by atoms with Crippen LogP contribution in [0.15, 0.2) is 72.9 Å². The number of anilines is 2. The second-order valence-corrected chi connectivity index (χ2v) is 9.11. The van der Waals surface area contributed by atoms with Crippen LogP contribution in [0.5, 0.6) is 0 Å². The van der Waals surface area contributed by atoms with Gasteiger partial charge in [-0.3, -0.25) is 19.5 Å². The second kappa shape index (κ2) is 12.9. The van der Waals surface area contributed by atoms with Gasteiger partial charge in [0, 0.05) is 11.9 Å². The first-order valence-electron chi connectivity index (χ1n) is 12.7. The Hall–Kier alpha value is -4.64. The Morgan fingerprint density at radius 1 is 0.925 bits per heavy atom. The number of hydrogen-bond acceptors (Lipinski definition) is 8. The molecule has 3 aromatic rings. The predicted octanol–water partition coefficient (Wildman–Crippen LogP) is 3.97. The van der Waals surface area contributed by atoms with E-state index in [0.717, 1.165) is 0 Å². The molecule has 1 saturated heterocycles. The van der Waals surface area contributed by atoms with Crippen molar-refractivity contribution in [3.63, 3.8) is 0 Å². The molecule has 11 heteroatoms. The van der Waals surface area contributed by atoms with Crippen LogP contribution >= 0.6 is 12.2 Å². The molecule has 0 aliphatic carbocycles. The number of carbonyl (C=O) groups is 4. The molecule has 2 aromatic carbocycles. The smallest absolute Gasteiger partial charge is 0.338 e. The average Bonchev–Trinajstić information content (AvgIpc) is 3.17. The maximum atomic E-state index is 13.7. The van der Waals surface area contributed by atoms with E-state index in [4.69, 9.17) is 21.7 Å². The number of amides is 2. The van der Waals surface area contributed by atoms with Crippen LogP contribution in [-0.2, 0) is 25.6 Å². The molecule has 2 heterocycles. The van der Waals surface area contributed by atoms with Gasteiger partial charge >= 0.3 is 11.9 Å². The third kappa shape index (κ3) is 6.49. The van der Waals surface area contributed by atoms with Crippen molar-refractivity contribution >= 4 is 52.5 Å². The number of aromatic nitrogens is 1. The summed E-state index contributed by atoms with van der Waals surface area (Å²) in [7, 11) is 0. The van der Waals surface area contributed by atoms with Crippen LogP contribution in [-0.4, -0.2) is 58.0 Å². The lowest BCUT2D eigenvalue weighted by Crippen LogP contribution is -2.37. The summed E-state index contributed by atoms with van der Waals surface area (Å²) >= 11 is 5.70. The normalized spacial score (nSPS) is 14.7. The van der Waals surface area contributed by atoms with Crippen LogP contribution < -0.4 is 10.2 Å². The minimum Gasteiger partial charge on any atom is -0.462 e. The van der Waals surface area contributed by atoms with Gasteiger partial charge in [0.05, 0.1) is 48.7 Å². The fourth-order valence-corrected chi connectivity index (χ4v) is 4.59. The summed E-state index contributed by atoms with van der Waals surface area (Å²) in [6.07, 6.45) is 1.44. The van der Waals surface area contributed by atoms with E-state index in [1.54, 1.807) is 73.5 Å². The quantitative estimate of drug-likeness (QED) is 0.290. The zero-order valence-corrected chi connectivity index (χ0v) is 22.8. The van der Waals surface area contributed by atoms with Crippen molar-refractivity contribution in [2.75, 3.05) is 23.4 Å². The van der Waals surface area contributed by atoms with Crippen molar-refractivity contribution in [1.29, 1.82) is 0 Å². The van der Waals surface area contributed by atoms with Gasteiger partial charge in [0.1, 0.15) is 6.04 Å². The number of benzene rings is 2. The van der Waals surface area contributed by atoms with Crippen molar-refractivity contribution < 1.29 is 28.7 Å². The van der Waals surface area contributed by atoms with E-state index in [1.165, 1.54) is 11.0 Å². The summed E-state index contributed by atoms with van der Waals surface area (Å²) in [6, 6.07) is 17.2. The Labute approximate surface area is 236 Å². The van der Waals surface area contributed by atoms with E-state index in [-0.39, 0.29) is 37.2 Å². The molecular weight excluding hydrogens is 532 g/mol. The molecule has 2 amide bonds. The van der Waals surface area contributed by atoms with Crippen molar-refractivity contribution in [1.82, 2.24) is 9.88 Å². The van der Waals surface area contributed by atoms with Gasteiger partial charge in [0.25, 0.3) is 5.91 Å². The van der Waals surface area contributed by atoms with E-state index >= 15 is 0 Å². The SMILES string of the molecule is CCOC(=O)c1ccc(N2C(=O)C(CC(=O)Nc3cccc(C(=O)OCC)c3)N(Cc3ccccn3)C2=S)cc1. The summed E-state index contributed by atoms with van der Waals surface area (Å²) in [5.74, 6) is -1.79. The predicted molar refractivity (Wildman–Crippen MR) is 152 cm³/mol. The van der Waals surface area contributed by atoms with Gasteiger partial charge in [-0.05, 0) is 80.7 Å². The minimum atomic E-state index is -0.910. The first-order valence-corrected chi connectivity index (χ1v) is 13.1. The fraction of sp³-hybridized carbons (Fsp3) is 0.241. The number of pyridine rings is 1. The molecule has 0 spiro atoms. The summed E-state index contributed by atoms with van der Waals surface area (Å²) in [5, 5.41) is 2.97. The molecule has 1 aliphatic heterocycles. The Bertz CT molecular complexity index is 1410. The third-order valence-electron chi connectivity index (χ3n) is 6.05. The Balaban J connectivity index is 1.56. The van der Waals surface area contributed by atoms with Gasteiger partial charge in [0.2, 0.25) is 5.91 Å². The van der Waals surface area contributed by atoms with Crippen molar-refractivity contribution in [3.8, 4) is 0 Å². The molecule has 1 aromatic heterocycles. The maximum absolute atomic E-state index is 13.7. The maximum Gasteiger partial charge on any atom is 0.338 e. The van der Waals surface area contributed by atoms with Crippen molar-refractivity contribution in [2.45, 2.75) is 32.9 Å². The number of ether oxygens (including phenoxy) is 2. The number of esters is 2. The molecule has 10 nitrogen and oxygen atoms in total. The Kier molecular flexibility index (Phi) is 9.18. The fourth-order valence-electron chi connectivity index (χ4n) is 4.20. The molecule has 4 rings (SSSR count). The molecule has 0 radical (unpaired) electrons. The molecule has 1 unspecified atom stereocenters. The van der Waals surface area contributed by atoms with Crippen LogP contribution in [0.4, 0.5) is 11.4 Å². The zero-order chi connectivity index (χ0) is 28.6. The summed E-state index contributed by atoms with van der Waals surface area (Å²) in [4.78, 5) is 58.3. The van der Waals surface area contributed by atoms with Gasteiger partial charge in [-0.1, -0.05) is 12.1 Å². The second-order valence-electron chi connectivity index (χ2n) is 8.74. The minimum absolute atomic E-state index is 0.202. The summed E-state index contributed by atoms with van der Waals surface area (Å²) in [5.41, 5.74) is 2.16. The molecular formula is C29H28N4O6S. The van der Waals surface area contributed by atoms with Crippen LogP contribution in [0.1, 0.15) is 46.7 Å². The highest BCUT2D eigenvalue weighted by Gasteiger charge is 2.44. The van der Waals surface area contributed by atoms with Gasteiger partial charge in [-0.15, -0.1) is 0 Å². The first kappa shape index (κ1) is 28.4. The number of carbonyl (C=O) groups excluding carboxylic acids is 4. The van der Waals surface area contributed by atoms with Crippen LogP contribution in [0.3, 0.4) is 0 Å². The van der Waals surface area contributed by atoms with E-state index in [2.05, 4.69) is 10.3 Å². The molecule has 1 atom stereocenters. The molecule has 0 bridgehead atoms. The number of nitrogens with zero attached hydrogens (tertiary/aromatic N) is 3. The van der Waals surface area contributed by atoms with E-state index in [9.17, 15) is 19.2 Å². The highest BCUT2D eigenvalue weighted by atomic mass is 32.1. The first-order chi connectivity index (χ1) is 19.3. The standard InChI is InChI=1S/C29H28N4O6S/c1-3-38-27(36)19-11-13-23(14-12-19)33-26(35)24(32(29(33)40)18-22-9-5-6-15-30-22)17-25(34)31-21-10-7-8-20(16-21)28(37)39-4-2/h5-16,24H,3-4,17-18H2,1-2H3,(H,31,34). The molecule has 40 heavy (non-hydrogen) atoms. The summed E-state index contributed by atoms with van der Waals surface area (Å²) < 4.78 is 10.1. The van der Waals surface area contributed by atoms with Crippen molar-refractivity contribution in [2.24, 2.45) is 0 Å². The molecule has 1 N–H and O–H groups in total. The van der Waals surface area contributed by atoms with Gasteiger partial charge in [-0.25, -0.2) is 9.59 Å². The van der Waals surface area contributed by atoms with Crippen LogP contribution in [0.25, 0.3) is 0 Å². The van der Waals surface area contributed by atoms with Crippen LogP contribution in [0, 0.1) is 0 Å². The lowest BCUT2D eigenvalue weighted by atomic mass is 10.1. The van der Waals surface area contributed by atoms with Crippen molar-refractivity contribution in [3.05, 3.63) is 89.7 Å². The highest BCUT2D eigenvalue weighted by molar-refractivity contribution is 7.80.